The molecule has 0 saturated carbocycles. The van der Waals surface area contributed by atoms with Crippen LogP contribution in [0.4, 0.5) is 9.18 Å². The van der Waals surface area contributed by atoms with E-state index in [9.17, 15) is 22.4 Å². The molecular formula is C20H28FN3O4S. The molecule has 7 nitrogen and oxygen atoms in total. The molecule has 0 aromatic heterocycles. The number of nitrogens with one attached hydrogen (secondary N) is 1. The lowest BCUT2D eigenvalue weighted by Crippen LogP contribution is -2.48. The van der Waals surface area contributed by atoms with Gasteiger partial charge >= 0.3 is 6.03 Å². The lowest BCUT2D eigenvalue weighted by molar-refractivity contribution is -0.133. The van der Waals surface area contributed by atoms with Crippen molar-refractivity contribution in [2.45, 2.75) is 51.1 Å². The van der Waals surface area contributed by atoms with Crippen LogP contribution in [-0.2, 0) is 20.2 Å². The van der Waals surface area contributed by atoms with Crippen LogP contribution >= 0.6 is 0 Å². The largest absolute Gasteiger partial charge is 0.326 e. The zero-order chi connectivity index (χ0) is 21.2. The number of amides is 3. The van der Waals surface area contributed by atoms with Crippen molar-refractivity contribution < 1.29 is 22.4 Å². The molecule has 0 radical (unpaired) electrons. The molecule has 2 atom stereocenters. The maximum absolute atomic E-state index is 13.4. The van der Waals surface area contributed by atoms with Crippen molar-refractivity contribution in [2.24, 2.45) is 0 Å². The van der Waals surface area contributed by atoms with E-state index in [4.69, 9.17) is 0 Å². The summed E-state index contributed by atoms with van der Waals surface area (Å²) in [6.45, 7) is 4.44. The third-order valence-electron chi connectivity index (χ3n) is 5.87. The fourth-order valence-corrected chi connectivity index (χ4v) is 5.92. The molecule has 160 valence electrons. The van der Waals surface area contributed by atoms with Gasteiger partial charge in [-0.3, -0.25) is 9.69 Å². The summed E-state index contributed by atoms with van der Waals surface area (Å²) < 4.78 is 37.1. The summed E-state index contributed by atoms with van der Waals surface area (Å²) >= 11 is 0. The minimum absolute atomic E-state index is 0.0381. The van der Waals surface area contributed by atoms with E-state index in [1.54, 1.807) is 0 Å². The Balaban J connectivity index is 1.86. The molecule has 29 heavy (non-hydrogen) atoms. The van der Waals surface area contributed by atoms with E-state index in [1.165, 1.54) is 24.3 Å². The van der Waals surface area contributed by atoms with Gasteiger partial charge < -0.3 is 5.32 Å². The lowest BCUT2D eigenvalue weighted by atomic mass is 9.85. The molecule has 3 rings (SSSR count). The summed E-state index contributed by atoms with van der Waals surface area (Å²) in [6, 6.07) is 4.93. The summed E-state index contributed by atoms with van der Waals surface area (Å²) in [4.78, 5) is 29.2. The molecule has 2 saturated heterocycles. The van der Waals surface area contributed by atoms with Crippen LogP contribution < -0.4 is 5.32 Å². The van der Waals surface area contributed by atoms with Gasteiger partial charge in [0, 0.05) is 6.04 Å². The van der Waals surface area contributed by atoms with Crippen molar-refractivity contribution in [3.63, 3.8) is 0 Å². The highest BCUT2D eigenvalue weighted by Gasteiger charge is 2.52. The Morgan fingerprint density at radius 2 is 1.93 bits per heavy atom. The third kappa shape index (κ3) is 4.30. The van der Waals surface area contributed by atoms with Crippen LogP contribution in [0.3, 0.4) is 0 Å². The fraction of sp³-hybridized carbons (Fsp3) is 0.600. The number of halogens is 1. The zero-order valence-electron chi connectivity index (χ0n) is 16.9. The summed E-state index contributed by atoms with van der Waals surface area (Å²) in [7, 11) is -3.07. The molecule has 0 unspecified atom stereocenters. The summed E-state index contributed by atoms with van der Waals surface area (Å²) in [5.41, 5.74) is -0.665. The van der Waals surface area contributed by atoms with E-state index in [0.717, 1.165) is 17.7 Å². The summed E-state index contributed by atoms with van der Waals surface area (Å²) in [5.74, 6) is -0.609. The van der Waals surface area contributed by atoms with Crippen LogP contribution in [0, 0.1) is 5.82 Å². The highest BCUT2D eigenvalue weighted by atomic mass is 32.2. The Labute approximate surface area is 171 Å². The molecule has 2 heterocycles. The first-order valence-electron chi connectivity index (χ1n) is 10.1. The van der Waals surface area contributed by atoms with Gasteiger partial charge in [-0.05, 0) is 37.1 Å². The second-order valence-corrected chi connectivity index (χ2v) is 10.0. The van der Waals surface area contributed by atoms with Crippen molar-refractivity contribution in [2.75, 3.05) is 24.7 Å². The van der Waals surface area contributed by atoms with Gasteiger partial charge in [0.25, 0.3) is 5.91 Å². The number of unbranched alkanes of at least 4 members (excludes halogenated alkanes) is 1. The molecule has 2 fully saturated rings. The van der Waals surface area contributed by atoms with Crippen molar-refractivity contribution in [3.8, 4) is 0 Å². The average Bonchev–Trinajstić information content (AvgIpc) is 3.16. The van der Waals surface area contributed by atoms with Crippen molar-refractivity contribution in [1.29, 1.82) is 0 Å². The number of carbonyl (C=O) groups excluding carboxylic acids is 2. The predicted octanol–water partition coefficient (Wildman–Crippen LogP) is 2.23. The number of hydrogen-bond acceptors (Lipinski definition) is 5. The van der Waals surface area contributed by atoms with Crippen LogP contribution in [0.1, 0.15) is 45.1 Å². The van der Waals surface area contributed by atoms with Gasteiger partial charge in [0.2, 0.25) is 0 Å². The van der Waals surface area contributed by atoms with E-state index in [-0.39, 0.29) is 30.1 Å². The molecule has 0 bridgehead atoms. The normalized spacial score (nSPS) is 26.3. The number of benzene rings is 1. The lowest BCUT2D eigenvalue weighted by Gasteiger charge is -2.31. The predicted molar refractivity (Wildman–Crippen MR) is 107 cm³/mol. The van der Waals surface area contributed by atoms with Crippen LogP contribution in [0.15, 0.2) is 24.3 Å². The Kier molecular flexibility index (Phi) is 6.28. The quantitative estimate of drug-likeness (QED) is 0.646. The minimum Gasteiger partial charge on any atom is -0.319 e. The SMILES string of the molecule is CCCC[C@]1(c2ccc(F)cc2)NC(=O)N(CN(CC)[C@@H]2CCS(=O)(=O)C2)C1=O. The number of hydrogen-bond donors (Lipinski definition) is 1. The molecular weight excluding hydrogens is 397 g/mol. The molecule has 3 amide bonds. The van der Waals surface area contributed by atoms with Crippen LogP contribution in [0.5, 0.6) is 0 Å². The van der Waals surface area contributed by atoms with Gasteiger partial charge in [0.15, 0.2) is 9.84 Å². The van der Waals surface area contributed by atoms with Crippen molar-refractivity contribution in [1.82, 2.24) is 15.1 Å². The smallest absolute Gasteiger partial charge is 0.319 e. The molecule has 1 N–H and O–H groups in total. The van der Waals surface area contributed by atoms with Crippen LogP contribution in [-0.4, -0.2) is 60.9 Å². The Bertz CT molecular complexity index is 874. The van der Waals surface area contributed by atoms with Gasteiger partial charge in [0.05, 0.1) is 18.2 Å². The molecule has 1 aromatic rings. The third-order valence-corrected chi connectivity index (χ3v) is 7.62. The topological polar surface area (TPSA) is 86.8 Å². The molecule has 0 aliphatic carbocycles. The second kappa shape index (κ2) is 8.39. The van der Waals surface area contributed by atoms with Crippen LogP contribution in [0.2, 0.25) is 0 Å². The summed E-state index contributed by atoms with van der Waals surface area (Å²) in [6.07, 6.45) is 2.47. The first-order valence-corrected chi connectivity index (χ1v) is 11.9. The minimum atomic E-state index is -3.07. The standard InChI is InChI=1S/C20H28FN3O4S/c1-3-5-11-20(15-6-8-16(21)9-7-15)18(25)24(19(26)22-20)14-23(4-2)17-10-12-29(27,28)13-17/h6-9,17H,3-5,10-14H2,1-2H3,(H,22,26)/t17-,20-/m1/s1. The first-order chi connectivity index (χ1) is 13.7. The molecule has 9 heteroatoms. The van der Waals surface area contributed by atoms with E-state index in [1.807, 2.05) is 18.7 Å². The van der Waals surface area contributed by atoms with Crippen LogP contribution in [0.25, 0.3) is 0 Å². The number of sulfone groups is 1. The number of rotatable bonds is 8. The Morgan fingerprint density at radius 1 is 1.24 bits per heavy atom. The summed E-state index contributed by atoms with van der Waals surface area (Å²) in [5, 5.41) is 2.84. The van der Waals surface area contributed by atoms with E-state index in [0.29, 0.717) is 24.9 Å². The van der Waals surface area contributed by atoms with Gasteiger partial charge in [-0.15, -0.1) is 0 Å². The number of carbonyl (C=O) groups is 2. The molecule has 1 aromatic carbocycles. The van der Waals surface area contributed by atoms with Crippen molar-refractivity contribution in [3.05, 3.63) is 35.6 Å². The van der Waals surface area contributed by atoms with Gasteiger partial charge in [-0.1, -0.05) is 38.8 Å². The number of urea groups is 1. The molecule has 2 aliphatic rings. The van der Waals surface area contributed by atoms with Gasteiger partial charge in [-0.25, -0.2) is 22.5 Å². The maximum Gasteiger partial charge on any atom is 0.326 e. The van der Waals surface area contributed by atoms with E-state index >= 15 is 0 Å². The van der Waals surface area contributed by atoms with E-state index in [2.05, 4.69) is 5.32 Å². The highest BCUT2D eigenvalue weighted by Crippen LogP contribution is 2.34. The fourth-order valence-electron chi connectivity index (χ4n) is 4.16. The number of nitrogens with zero attached hydrogens (tertiary/aromatic N) is 2. The second-order valence-electron chi connectivity index (χ2n) is 7.78. The first kappa shape index (κ1) is 21.7. The van der Waals surface area contributed by atoms with Gasteiger partial charge in [-0.2, -0.15) is 0 Å². The monoisotopic (exact) mass is 425 g/mol. The Hall–Kier alpha value is -2.00. The van der Waals surface area contributed by atoms with E-state index < -0.39 is 27.2 Å². The molecule has 0 spiro atoms. The maximum atomic E-state index is 13.4. The van der Waals surface area contributed by atoms with Gasteiger partial charge in [0.1, 0.15) is 11.4 Å². The van der Waals surface area contributed by atoms with Crippen molar-refractivity contribution >= 4 is 21.8 Å². The average molecular weight is 426 g/mol. The Morgan fingerprint density at radius 3 is 2.48 bits per heavy atom. The highest BCUT2D eigenvalue weighted by molar-refractivity contribution is 7.91. The number of imide groups is 1. The molecule has 2 aliphatic heterocycles. The zero-order valence-corrected chi connectivity index (χ0v) is 17.7.